The molecule has 0 unspecified atom stereocenters. The average Bonchev–Trinajstić information content (AvgIpc) is 2.77. The van der Waals surface area contributed by atoms with Gasteiger partial charge in [0.1, 0.15) is 5.75 Å². The van der Waals surface area contributed by atoms with Gasteiger partial charge in [0.2, 0.25) is 0 Å². The normalized spacial score (nSPS) is 10.9. The van der Waals surface area contributed by atoms with E-state index in [2.05, 4.69) is 0 Å². The molecule has 1 aromatic heterocycles. The van der Waals surface area contributed by atoms with Gasteiger partial charge in [0, 0.05) is 16.7 Å². The highest BCUT2D eigenvalue weighted by molar-refractivity contribution is 7.17. The molecule has 0 aliphatic rings. The number of aliphatic hydroxyl groups is 1. The quantitative estimate of drug-likeness (QED) is 0.643. The van der Waals surface area contributed by atoms with Crippen molar-refractivity contribution in [3.8, 4) is 5.75 Å². The first-order chi connectivity index (χ1) is 7.85. The molecule has 0 aliphatic heterocycles. The van der Waals surface area contributed by atoms with E-state index in [0.717, 1.165) is 21.4 Å². The Hall–Kier alpha value is -1.10. The Bertz CT molecular complexity index is 464. The zero-order chi connectivity index (χ0) is 11.4. The maximum atomic E-state index is 9.15. The monoisotopic (exact) mass is 238 g/mol. The molecule has 2 rings (SSSR count). The van der Waals surface area contributed by atoms with E-state index in [1.807, 2.05) is 30.5 Å². The summed E-state index contributed by atoms with van der Waals surface area (Å²) in [5.74, 6) is 0.774. The van der Waals surface area contributed by atoms with Crippen LogP contribution in [0, 0.1) is 0 Å². The second-order valence-corrected chi connectivity index (χ2v) is 4.29. The Labute approximate surface area is 98.2 Å². The van der Waals surface area contributed by atoms with Crippen molar-refractivity contribution in [3.05, 3.63) is 29.1 Å². The lowest BCUT2D eigenvalue weighted by atomic mass is 10.1. The van der Waals surface area contributed by atoms with Crippen LogP contribution in [-0.2, 0) is 11.3 Å². The Kier molecular flexibility index (Phi) is 3.77. The summed E-state index contributed by atoms with van der Waals surface area (Å²) in [6.45, 7) is 2.83. The fraction of sp³-hybridized carbons (Fsp3) is 0.333. The van der Waals surface area contributed by atoms with E-state index >= 15 is 0 Å². The SMILES string of the molecule is CCOCOc1cc(CO)cc2sccc12. The van der Waals surface area contributed by atoms with Gasteiger partial charge in [-0.3, -0.25) is 0 Å². The molecule has 0 radical (unpaired) electrons. The van der Waals surface area contributed by atoms with E-state index in [1.54, 1.807) is 11.3 Å². The number of rotatable bonds is 5. The number of fused-ring (bicyclic) bond motifs is 1. The highest BCUT2D eigenvalue weighted by atomic mass is 32.1. The molecule has 0 bridgehead atoms. The number of benzene rings is 1. The van der Waals surface area contributed by atoms with Crippen LogP contribution in [0.25, 0.3) is 10.1 Å². The van der Waals surface area contributed by atoms with Gasteiger partial charge < -0.3 is 14.6 Å². The van der Waals surface area contributed by atoms with E-state index in [-0.39, 0.29) is 13.4 Å². The van der Waals surface area contributed by atoms with Gasteiger partial charge in [-0.05, 0) is 36.1 Å². The first kappa shape index (κ1) is 11.4. The van der Waals surface area contributed by atoms with Gasteiger partial charge in [-0.1, -0.05) is 0 Å². The molecule has 0 aliphatic carbocycles. The Morgan fingerprint density at radius 2 is 2.25 bits per heavy atom. The van der Waals surface area contributed by atoms with Gasteiger partial charge in [0.25, 0.3) is 0 Å². The average molecular weight is 238 g/mol. The summed E-state index contributed by atoms with van der Waals surface area (Å²) < 4.78 is 11.8. The summed E-state index contributed by atoms with van der Waals surface area (Å²) >= 11 is 1.64. The lowest BCUT2D eigenvalue weighted by Crippen LogP contribution is -2.02. The van der Waals surface area contributed by atoms with Crippen LogP contribution in [0.15, 0.2) is 23.6 Å². The highest BCUT2D eigenvalue weighted by Gasteiger charge is 2.06. The van der Waals surface area contributed by atoms with Crippen LogP contribution in [0.1, 0.15) is 12.5 Å². The molecule has 0 amide bonds. The molecule has 1 heterocycles. The summed E-state index contributed by atoms with van der Waals surface area (Å²) in [4.78, 5) is 0. The predicted octanol–water partition coefficient (Wildman–Crippen LogP) is 2.77. The van der Waals surface area contributed by atoms with Gasteiger partial charge in [-0.25, -0.2) is 0 Å². The third-order valence-corrected chi connectivity index (χ3v) is 3.14. The van der Waals surface area contributed by atoms with Crippen molar-refractivity contribution in [2.45, 2.75) is 13.5 Å². The third kappa shape index (κ3) is 2.35. The van der Waals surface area contributed by atoms with Gasteiger partial charge >= 0.3 is 0 Å². The van der Waals surface area contributed by atoms with Crippen molar-refractivity contribution < 1.29 is 14.6 Å². The van der Waals surface area contributed by atoms with Gasteiger partial charge in [0.15, 0.2) is 6.79 Å². The lowest BCUT2D eigenvalue weighted by molar-refractivity contribution is 0.0232. The van der Waals surface area contributed by atoms with E-state index in [4.69, 9.17) is 14.6 Å². The van der Waals surface area contributed by atoms with Gasteiger partial charge in [-0.2, -0.15) is 0 Å². The van der Waals surface area contributed by atoms with Crippen LogP contribution in [-0.4, -0.2) is 18.5 Å². The second kappa shape index (κ2) is 5.30. The van der Waals surface area contributed by atoms with Crippen LogP contribution >= 0.6 is 11.3 Å². The molecule has 1 N–H and O–H groups in total. The van der Waals surface area contributed by atoms with Crippen molar-refractivity contribution in [2.75, 3.05) is 13.4 Å². The molecule has 3 nitrogen and oxygen atoms in total. The number of ether oxygens (including phenoxy) is 2. The van der Waals surface area contributed by atoms with Crippen molar-refractivity contribution in [1.82, 2.24) is 0 Å². The van der Waals surface area contributed by atoms with E-state index in [0.29, 0.717) is 6.61 Å². The van der Waals surface area contributed by atoms with E-state index in [9.17, 15) is 0 Å². The predicted molar refractivity (Wildman–Crippen MR) is 64.9 cm³/mol. The molecule has 0 fully saturated rings. The summed E-state index contributed by atoms with van der Waals surface area (Å²) in [7, 11) is 0. The Balaban J connectivity index is 2.29. The largest absolute Gasteiger partial charge is 0.467 e. The van der Waals surface area contributed by atoms with Crippen LogP contribution in [0.4, 0.5) is 0 Å². The van der Waals surface area contributed by atoms with Crippen molar-refractivity contribution in [1.29, 1.82) is 0 Å². The highest BCUT2D eigenvalue weighted by Crippen LogP contribution is 2.31. The Morgan fingerprint density at radius 1 is 1.38 bits per heavy atom. The number of hydrogen-bond donors (Lipinski definition) is 1. The second-order valence-electron chi connectivity index (χ2n) is 3.34. The van der Waals surface area contributed by atoms with Crippen LogP contribution in [0.5, 0.6) is 5.75 Å². The summed E-state index contributed by atoms with van der Waals surface area (Å²) in [6.07, 6.45) is 0. The van der Waals surface area contributed by atoms with Gasteiger partial charge in [-0.15, -0.1) is 11.3 Å². The first-order valence-corrected chi connectivity index (χ1v) is 6.04. The molecular formula is C12H14O3S. The van der Waals surface area contributed by atoms with Crippen molar-refractivity contribution in [2.24, 2.45) is 0 Å². The van der Waals surface area contributed by atoms with Gasteiger partial charge in [0.05, 0.1) is 6.61 Å². The third-order valence-electron chi connectivity index (χ3n) is 2.28. The number of thiophene rings is 1. The molecule has 0 spiro atoms. The maximum absolute atomic E-state index is 9.15. The minimum atomic E-state index is 0.0266. The smallest absolute Gasteiger partial charge is 0.189 e. The zero-order valence-corrected chi connectivity index (χ0v) is 9.92. The summed E-state index contributed by atoms with van der Waals surface area (Å²) in [5.41, 5.74) is 0.862. The molecule has 86 valence electrons. The topological polar surface area (TPSA) is 38.7 Å². The standard InChI is InChI=1S/C12H14O3S/c1-2-14-8-15-11-5-9(7-13)6-12-10(11)3-4-16-12/h3-6,13H,2,7-8H2,1H3. The number of aliphatic hydroxyl groups excluding tert-OH is 1. The van der Waals surface area contributed by atoms with Crippen LogP contribution in [0.3, 0.4) is 0 Å². The van der Waals surface area contributed by atoms with Crippen molar-refractivity contribution >= 4 is 21.4 Å². The molecule has 16 heavy (non-hydrogen) atoms. The number of hydrogen-bond acceptors (Lipinski definition) is 4. The van der Waals surface area contributed by atoms with E-state index < -0.39 is 0 Å². The van der Waals surface area contributed by atoms with E-state index in [1.165, 1.54) is 0 Å². The molecule has 0 saturated heterocycles. The van der Waals surface area contributed by atoms with Crippen LogP contribution in [0.2, 0.25) is 0 Å². The maximum Gasteiger partial charge on any atom is 0.189 e. The Morgan fingerprint density at radius 3 is 3.00 bits per heavy atom. The van der Waals surface area contributed by atoms with Crippen molar-refractivity contribution in [3.63, 3.8) is 0 Å². The minimum Gasteiger partial charge on any atom is -0.467 e. The van der Waals surface area contributed by atoms with Crippen LogP contribution < -0.4 is 4.74 Å². The lowest BCUT2D eigenvalue weighted by Gasteiger charge is -2.08. The minimum absolute atomic E-state index is 0.0266. The summed E-state index contributed by atoms with van der Waals surface area (Å²) in [5, 5.41) is 12.2. The molecule has 4 heteroatoms. The molecule has 0 atom stereocenters. The molecule has 0 saturated carbocycles. The zero-order valence-electron chi connectivity index (χ0n) is 9.10. The fourth-order valence-electron chi connectivity index (χ4n) is 1.49. The first-order valence-electron chi connectivity index (χ1n) is 5.16. The fourth-order valence-corrected chi connectivity index (χ4v) is 2.36. The molecular weight excluding hydrogens is 224 g/mol. The molecule has 1 aromatic carbocycles. The summed E-state index contributed by atoms with van der Waals surface area (Å²) in [6, 6.07) is 5.85. The molecule has 2 aromatic rings.